The first kappa shape index (κ1) is 19.4. The summed E-state index contributed by atoms with van der Waals surface area (Å²) < 4.78 is 2.04. The number of hydrogen-bond donors (Lipinski definition) is 1. The monoisotopic (exact) mass is 383 g/mol. The molecule has 1 N–H and O–H groups in total. The van der Waals surface area contributed by atoms with Crippen LogP contribution in [0.5, 0.6) is 0 Å². The van der Waals surface area contributed by atoms with Crippen LogP contribution in [0.4, 0.5) is 0 Å². The van der Waals surface area contributed by atoms with Gasteiger partial charge in [0.05, 0.1) is 24.4 Å². The summed E-state index contributed by atoms with van der Waals surface area (Å²) in [6.45, 7) is 9.52. The summed E-state index contributed by atoms with van der Waals surface area (Å²) in [5.74, 6) is 0.297. The van der Waals surface area contributed by atoms with Crippen LogP contribution in [0.2, 0.25) is 0 Å². The van der Waals surface area contributed by atoms with Crippen molar-refractivity contribution in [1.29, 1.82) is 0 Å². The molecule has 0 aromatic carbocycles. The number of aromatic nitrogens is 2. The van der Waals surface area contributed by atoms with Gasteiger partial charge in [-0.3, -0.25) is 9.69 Å². The van der Waals surface area contributed by atoms with Crippen molar-refractivity contribution in [1.82, 2.24) is 24.5 Å². The maximum Gasteiger partial charge on any atom is 0.224 e. The molecule has 152 valence electrons. The van der Waals surface area contributed by atoms with E-state index in [1.165, 1.54) is 25.9 Å². The molecular weight excluding hydrogens is 350 g/mol. The summed E-state index contributed by atoms with van der Waals surface area (Å²) in [4.78, 5) is 22.4. The lowest BCUT2D eigenvalue weighted by Gasteiger charge is -2.43. The molecule has 4 rings (SSSR count). The Labute approximate surface area is 167 Å². The number of carbonyl (C=O) groups excluding carboxylic acids is 1. The number of likely N-dealkylation sites (tertiary alicyclic amines) is 2. The Morgan fingerprint density at radius 3 is 2.82 bits per heavy atom. The molecule has 4 heterocycles. The zero-order valence-corrected chi connectivity index (χ0v) is 17.2. The van der Waals surface area contributed by atoms with Crippen molar-refractivity contribution in [3.8, 4) is 0 Å². The molecule has 0 radical (unpaired) electrons. The summed E-state index contributed by atoms with van der Waals surface area (Å²) in [6, 6.07) is 7.23. The van der Waals surface area contributed by atoms with E-state index in [0.29, 0.717) is 18.6 Å². The van der Waals surface area contributed by atoms with Gasteiger partial charge in [0, 0.05) is 24.8 Å². The fourth-order valence-electron chi connectivity index (χ4n) is 4.76. The maximum atomic E-state index is 12.8. The molecule has 2 fully saturated rings. The summed E-state index contributed by atoms with van der Waals surface area (Å²) in [7, 11) is 0. The first-order chi connectivity index (χ1) is 13.6. The minimum absolute atomic E-state index is 0.107. The average Bonchev–Trinajstić information content (AvgIpc) is 3.15. The predicted octanol–water partition coefficient (Wildman–Crippen LogP) is 2.54. The number of carbonyl (C=O) groups is 1. The molecule has 0 aliphatic carbocycles. The molecule has 28 heavy (non-hydrogen) atoms. The van der Waals surface area contributed by atoms with Crippen LogP contribution in [0.3, 0.4) is 0 Å². The van der Waals surface area contributed by atoms with E-state index in [1.54, 1.807) is 0 Å². The van der Waals surface area contributed by atoms with Gasteiger partial charge in [-0.05, 0) is 71.3 Å². The van der Waals surface area contributed by atoms with Gasteiger partial charge >= 0.3 is 0 Å². The lowest BCUT2D eigenvalue weighted by Crippen LogP contribution is -2.51. The lowest BCUT2D eigenvalue weighted by atomic mass is 9.93. The van der Waals surface area contributed by atoms with Crippen molar-refractivity contribution in [3.05, 3.63) is 36.3 Å². The number of hydrogen-bond acceptors (Lipinski definition) is 4. The van der Waals surface area contributed by atoms with Gasteiger partial charge in [-0.1, -0.05) is 6.07 Å². The molecule has 0 saturated carbocycles. The van der Waals surface area contributed by atoms with E-state index in [-0.39, 0.29) is 11.8 Å². The van der Waals surface area contributed by atoms with Gasteiger partial charge in [-0.15, -0.1) is 0 Å². The maximum absolute atomic E-state index is 12.8. The van der Waals surface area contributed by atoms with E-state index in [9.17, 15) is 4.79 Å². The van der Waals surface area contributed by atoms with E-state index in [0.717, 1.165) is 37.3 Å². The highest BCUT2D eigenvalue weighted by atomic mass is 16.1. The number of pyridine rings is 1. The highest BCUT2D eigenvalue weighted by Gasteiger charge is 2.32. The second-order valence-corrected chi connectivity index (χ2v) is 8.59. The number of imidazole rings is 1. The summed E-state index contributed by atoms with van der Waals surface area (Å²) >= 11 is 0. The third kappa shape index (κ3) is 4.23. The van der Waals surface area contributed by atoms with Gasteiger partial charge in [0.25, 0.3) is 0 Å². The van der Waals surface area contributed by atoms with Crippen molar-refractivity contribution < 1.29 is 4.79 Å². The average molecular weight is 384 g/mol. The second kappa shape index (κ2) is 8.62. The van der Waals surface area contributed by atoms with Gasteiger partial charge < -0.3 is 14.6 Å². The van der Waals surface area contributed by atoms with Crippen molar-refractivity contribution in [2.75, 3.05) is 26.2 Å². The highest BCUT2D eigenvalue weighted by Crippen LogP contribution is 2.24. The third-order valence-electron chi connectivity index (χ3n) is 6.51. The molecule has 2 aliphatic heterocycles. The highest BCUT2D eigenvalue weighted by molar-refractivity contribution is 5.79. The Bertz CT molecular complexity index is 793. The Balaban J connectivity index is 1.30. The van der Waals surface area contributed by atoms with E-state index in [4.69, 9.17) is 0 Å². The molecular formula is C22H33N5O. The van der Waals surface area contributed by atoms with Crippen LogP contribution in [0, 0.1) is 5.92 Å². The van der Waals surface area contributed by atoms with Gasteiger partial charge in [0.1, 0.15) is 5.65 Å². The summed E-state index contributed by atoms with van der Waals surface area (Å²) in [6.07, 6.45) is 8.43. The zero-order valence-electron chi connectivity index (χ0n) is 17.2. The molecule has 0 spiro atoms. The molecule has 6 nitrogen and oxygen atoms in total. The number of piperidine rings is 2. The third-order valence-corrected chi connectivity index (χ3v) is 6.51. The Morgan fingerprint density at radius 2 is 2.04 bits per heavy atom. The van der Waals surface area contributed by atoms with Crippen LogP contribution in [0.15, 0.2) is 30.6 Å². The van der Waals surface area contributed by atoms with Crippen molar-refractivity contribution in [2.45, 2.75) is 58.2 Å². The molecule has 2 aromatic heterocycles. The van der Waals surface area contributed by atoms with Crippen molar-refractivity contribution >= 4 is 11.6 Å². The summed E-state index contributed by atoms with van der Waals surface area (Å²) in [5.41, 5.74) is 1.95. The smallest absolute Gasteiger partial charge is 0.224 e. The minimum Gasteiger partial charge on any atom is -0.350 e. The topological polar surface area (TPSA) is 52.9 Å². The Hall–Kier alpha value is -1.92. The zero-order chi connectivity index (χ0) is 19.5. The SMILES string of the molecule is CC(C)N1CCC(N2CCC[C@H](C(=O)NCc3cnc4ccccn34)C2)CC1. The van der Waals surface area contributed by atoms with Crippen molar-refractivity contribution in [2.24, 2.45) is 5.92 Å². The van der Waals surface area contributed by atoms with Gasteiger partial charge in [-0.2, -0.15) is 0 Å². The Morgan fingerprint density at radius 1 is 1.21 bits per heavy atom. The second-order valence-electron chi connectivity index (χ2n) is 8.59. The normalized spacial score (nSPS) is 22.8. The number of fused-ring (bicyclic) bond motifs is 1. The van der Waals surface area contributed by atoms with E-state index < -0.39 is 0 Å². The predicted molar refractivity (Wildman–Crippen MR) is 111 cm³/mol. The summed E-state index contributed by atoms with van der Waals surface area (Å²) in [5, 5.41) is 3.16. The number of rotatable bonds is 5. The van der Waals surface area contributed by atoms with Crippen LogP contribution >= 0.6 is 0 Å². The minimum atomic E-state index is 0.107. The van der Waals surface area contributed by atoms with Crippen LogP contribution in [-0.4, -0.2) is 63.4 Å². The first-order valence-corrected chi connectivity index (χ1v) is 10.8. The first-order valence-electron chi connectivity index (χ1n) is 10.8. The van der Waals surface area contributed by atoms with E-state index in [1.807, 2.05) is 35.0 Å². The standard InChI is InChI=1S/C22H33N5O/c1-17(2)25-12-8-19(9-13-25)26-10-5-6-18(16-26)22(28)24-15-20-14-23-21-7-3-4-11-27(20)21/h3-4,7,11,14,17-19H,5-6,8-10,12-13,15-16H2,1-2H3,(H,24,28)/t18-/m0/s1. The molecule has 2 saturated heterocycles. The number of nitrogens with one attached hydrogen (secondary N) is 1. The van der Waals surface area contributed by atoms with Gasteiger partial charge in [0.2, 0.25) is 5.91 Å². The van der Waals surface area contributed by atoms with Crippen LogP contribution < -0.4 is 5.32 Å². The molecule has 0 unspecified atom stereocenters. The molecule has 2 aliphatic rings. The van der Waals surface area contributed by atoms with Crippen LogP contribution in [0.1, 0.15) is 45.2 Å². The largest absolute Gasteiger partial charge is 0.350 e. The Kier molecular flexibility index (Phi) is 5.97. The molecule has 1 amide bonds. The fraction of sp³-hybridized carbons (Fsp3) is 0.636. The van der Waals surface area contributed by atoms with Gasteiger partial charge in [-0.25, -0.2) is 4.98 Å². The number of amides is 1. The molecule has 6 heteroatoms. The quantitative estimate of drug-likeness (QED) is 0.862. The lowest BCUT2D eigenvalue weighted by molar-refractivity contribution is -0.127. The van der Waals surface area contributed by atoms with Crippen molar-refractivity contribution in [3.63, 3.8) is 0 Å². The van der Waals surface area contributed by atoms with E-state index >= 15 is 0 Å². The van der Waals surface area contributed by atoms with Crippen LogP contribution in [-0.2, 0) is 11.3 Å². The molecule has 1 atom stereocenters. The van der Waals surface area contributed by atoms with Gasteiger partial charge in [0.15, 0.2) is 0 Å². The molecule has 0 bridgehead atoms. The fourth-order valence-corrected chi connectivity index (χ4v) is 4.76. The van der Waals surface area contributed by atoms with E-state index in [2.05, 4.69) is 33.9 Å². The number of nitrogens with zero attached hydrogens (tertiary/aromatic N) is 4. The molecule has 2 aromatic rings. The van der Waals surface area contributed by atoms with Crippen LogP contribution in [0.25, 0.3) is 5.65 Å².